The number of amides is 1. The van der Waals surface area contributed by atoms with Gasteiger partial charge in [0.1, 0.15) is 27.4 Å². The van der Waals surface area contributed by atoms with Crippen LogP contribution in [0.25, 0.3) is 11.0 Å². The van der Waals surface area contributed by atoms with Crippen LogP contribution in [0.1, 0.15) is 57.1 Å². The number of para-hydroxylation sites is 1. The molecule has 0 fully saturated rings. The van der Waals surface area contributed by atoms with Crippen LogP contribution in [-0.4, -0.2) is 43.8 Å². The van der Waals surface area contributed by atoms with E-state index in [4.69, 9.17) is 9.47 Å². The van der Waals surface area contributed by atoms with Gasteiger partial charge < -0.3 is 14.8 Å². The Morgan fingerprint density at radius 1 is 0.925 bits per heavy atom. The highest BCUT2D eigenvalue weighted by molar-refractivity contribution is 7.93. The molecular weight excluding hydrogens is 548 g/mol. The highest BCUT2D eigenvalue weighted by Crippen LogP contribution is 2.35. The molecule has 1 amide bonds. The maximum Gasteiger partial charge on any atom is 0.266 e. The third kappa shape index (κ3) is 6.05. The second-order valence-corrected chi connectivity index (χ2v) is 12.3. The van der Waals surface area contributed by atoms with Crippen molar-refractivity contribution in [1.82, 2.24) is 8.75 Å². The van der Waals surface area contributed by atoms with Crippen LogP contribution in [0, 0.1) is 0 Å². The molecule has 40 heavy (non-hydrogen) atoms. The molecule has 1 N–H and O–H groups in total. The fourth-order valence-corrected chi connectivity index (χ4v) is 6.74. The van der Waals surface area contributed by atoms with E-state index in [1.165, 1.54) is 24.6 Å². The number of hydrogen-bond donors (Lipinski definition) is 1. The van der Waals surface area contributed by atoms with Gasteiger partial charge in [0, 0.05) is 36.9 Å². The predicted octanol–water partition coefficient (Wildman–Crippen LogP) is 6.18. The van der Waals surface area contributed by atoms with Crippen molar-refractivity contribution in [3.63, 3.8) is 0 Å². The minimum atomic E-state index is -4.17. The van der Waals surface area contributed by atoms with Crippen molar-refractivity contribution < 1.29 is 22.7 Å². The van der Waals surface area contributed by atoms with Gasteiger partial charge in [-0.15, -0.1) is 0 Å². The highest BCUT2D eigenvalue weighted by atomic mass is 32.2. The van der Waals surface area contributed by atoms with Crippen molar-refractivity contribution in [3.8, 4) is 11.5 Å². The number of carbonyl (C=O) groups excluding carboxylic acids is 1. The smallest absolute Gasteiger partial charge is 0.266 e. The fourth-order valence-electron chi connectivity index (χ4n) is 4.53. The van der Waals surface area contributed by atoms with Crippen molar-refractivity contribution in [2.45, 2.75) is 50.8 Å². The Bertz CT molecular complexity index is 1570. The Hall–Kier alpha value is -3.70. The van der Waals surface area contributed by atoms with Crippen molar-refractivity contribution in [2.75, 3.05) is 30.4 Å². The second kappa shape index (κ2) is 12.2. The summed E-state index contributed by atoms with van der Waals surface area (Å²) in [5.41, 5.74) is 3.92. The third-order valence-electron chi connectivity index (χ3n) is 6.62. The van der Waals surface area contributed by atoms with Gasteiger partial charge in [-0.25, -0.2) is 8.42 Å². The quantitative estimate of drug-likeness (QED) is 0.225. The van der Waals surface area contributed by atoms with Gasteiger partial charge in [-0.2, -0.15) is 8.75 Å². The van der Waals surface area contributed by atoms with Gasteiger partial charge in [0.25, 0.3) is 10.0 Å². The zero-order valence-corrected chi connectivity index (χ0v) is 25.1. The number of nitrogens with one attached hydrogen (secondary N) is 1. The number of anilines is 2. The van der Waals surface area contributed by atoms with E-state index >= 15 is 0 Å². The lowest BCUT2D eigenvalue weighted by atomic mass is 9.92. The van der Waals surface area contributed by atoms with Crippen LogP contribution < -0.4 is 19.1 Å². The fraction of sp³-hybridized carbons (Fsp3) is 0.345. The molecule has 0 aliphatic carbocycles. The van der Waals surface area contributed by atoms with Crippen molar-refractivity contribution in [3.05, 3.63) is 65.7 Å². The molecule has 212 valence electrons. The van der Waals surface area contributed by atoms with Gasteiger partial charge in [-0.1, -0.05) is 52.0 Å². The highest BCUT2D eigenvalue weighted by Gasteiger charge is 2.30. The number of methoxy groups -OCH3 is 2. The molecule has 0 saturated carbocycles. The lowest BCUT2D eigenvalue weighted by molar-refractivity contribution is -0.116. The summed E-state index contributed by atoms with van der Waals surface area (Å²) in [6.45, 7) is 8.18. The molecule has 0 aliphatic rings. The summed E-state index contributed by atoms with van der Waals surface area (Å²) in [4.78, 5) is 13.4. The number of benzene rings is 3. The van der Waals surface area contributed by atoms with Crippen LogP contribution >= 0.6 is 11.7 Å². The first-order valence-electron chi connectivity index (χ1n) is 13.0. The van der Waals surface area contributed by atoms with E-state index in [1.54, 1.807) is 30.3 Å². The van der Waals surface area contributed by atoms with Crippen LogP contribution in [-0.2, 0) is 14.8 Å². The Balaban J connectivity index is 1.72. The maximum atomic E-state index is 14.2. The maximum absolute atomic E-state index is 14.2. The lowest BCUT2D eigenvalue weighted by Gasteiger charge is -2.26. The Labute approximate surface area is 239 Å². The second-order valence-electron chi connectivity index (χ2n) is 9.96. The number of hydrogen-bond acceptors (Lipinski definition) is 8. The first kappa shape index (κ1) is 29.3. The zero-order chi connectivity index (χ0) is 29.0. The largest absolute Gasteiger partial charge is 0.497 e. The van der Waals surface area contributed by atoms with Gasteiger partial charge in [-0.05, 0) is 35.1 Å². The van der Waals surface area contributed by atoms with Gasteiger partial charge in [0.15, 0.2) is 0 Å². The van der Waals surface area contributed by atoms with E-state index in [0.29, 0.717) is 22.7 Å². The first-order chi connectivity index (χ1) is 19.1. The molecule has 3 aromatic carbocycles. The van der Waals surface area contributed by atoms with Crippen LogP contribution in [0.4, 0.5) is 11.4 Å². The molecule has 0 atom stereocenters. The monoisotopic (exact) mass is 582 g/mol. The van der Waals surface area contributed by atoms with E-state index in [1.807, 2.05) is 18.2 Å². The number of sulfonamides is 1. The van der Waals surface area contributed by atoms with E-state index in [2.05, 4.69) is 41.8 Å². The van der Waals surface area contributed by atoms with E-state index in [9.17, 15) is 13.2 Å². The van der Waals surface area contributed by atoms with Crippen molar-refractivity contribution in [2.24, 2.45) is 0 Å². The van der Waals surface area contributed by atoms with Gasteiger partial charge in [0.05, 0.1) is 31.6 Å². The first-order valence-corrected chi connectivity index (χ1v) is 15.1. The number of aromatic nitrogens is 2. The molecule has 4 aromatic rings. The van der Waals surface area contributed by atoms with Gasteiger partial charge in [-0.3, -0.25) is 9.10 Å². The predicted molar refractivity (Wildman–Crippen MR) is 159 cm³/mol. The van der Waals surface area contributed by atoms with Crippen molar-refractivity contribution >= 4 is 50.1 Å². The molecule has 0 unspecified atom stereocenters. The van der Waals surface area contributed by atoms with E-state index < -0.39 is 10.0 Å². The minimum Gasteiger partial charge on any atom is -0.497 e. The Kier molecular flexibility index (Phi) is 8.95. The molecule has 1 heterocycles. The Morgan fingerprint density at radius 3 is 2.10 bits per heavy atom. The number of ether oxygens (including phenoxy) is 2. The molecule has 0 radical (unpaired) electrons. The summed E-state index contributed by atoms with van der Waals surface area (Å²) in [6, 6.07) is 15.7. The number of carbonyl (C=O) groups is 1. The van der Waals surface area contributed by atoms with E-state index in [0.717, 1.165) is 28.5 Å². The minimum absolute atomic E-state index is 0.00759. The molecule has 4 rings (SSSR count). The SMILES string of the molecule is COc1cc(OC)cc(N(CCC(=O)Nc2c(C(C)C)cccc2C(C)C)S(=O)(=O)c2cccc3nsnc23)c1. The normalized spacial score (nSPS) is 11.7. The topological polar surface area (TPSA) is 111 Å². The standard InChI is InChI=1S/C29H34N4O5S2/c1-18(2)23-9-7-10-24(19(3)4)28(23)30-27(34)13-14-33(20-15-21(37-5)17-22(16-20)38-6)40(35,36)26-12-8-11-25-29(26)32-39-31-25/h7-12,15-19H,13-14H2,1-6H3,(H,30,34). The summed E-state index contributed by atoms with van der Waals surface area (Å²) in [7, 11) is -1.18. The molecular formula is C29H34N4O5S2. The number of nitrogens with zero attached hydrogens (tertiary/aromatic N) is 3. The van der Waals surface area contributed by atoms with Crippen LogP contribution in [0.15, 0.2) is 59.5 Å². The van der Waals surface area contributed by atoms with Crippen LogP contribution in [0.3, 0.4) is 0 Å². The number of rotatable bonds is 11. The van der Waals surface area contributed by atoms with Gasteiger partial charge >= 0.3 is 0 Å². The Morgan fingerprint density at radius 2 is 1.52 bits per heavy atom. The molecule has 0 spiro atoms. The van der Waals surface area contributed by atoms with Crippen molar-refractivity contribution in [1.29, 1.82) is 0 Å². The summed E-state index contributed by atoms with van der Waals surface area (Å²) in [5.74, 6) is 0.934. The summed E-state index contributed by atoms with van der Waals surface area (Å²) in [5, 5.41) is 3.08. The summed E-state index contributed by atoms with van der Waals surface area (Å²) >= 11 is 0.942. The number of fused-ring (bicyclic) bond motifs is 1. The van der Waals surface area contributed by atoms with Gasteiger partial charge in [0.2, 0.25) is 5.91 Å². The molecule has 0 aliphatic heterocycles. The molecule has 9 nitrogen and oxygen atoms in total. The average molecular weight is 583 g/mol. The summed E-state index contributed by atoms with van der Waals surface area (Å²) < 4.78 is 48.7. The average Bonchev–Trinajstić information content (AvgIpc) is 3.41. The zero-order valence-electron chi connectivity index (χ0n) is 23.5. The van der Waals surface area contributed by atoms with E-state index in [-0.39, 0.29) is 41.1 Å². The molecule has 0 saturated heterocycles. The van der Waals surface area contributed by atoms with Crippen LogP contribution in [0.2, 0.25) is 0 Å². The molecule has 1 aromatic heterocycles. The molecule has 0 bridgehead atoms. The molecule has 11 heteroatoms. The lowest BCUT2D eigenvalue weighted by Crippen LogP contribution is -2.34. The summed E-state index contributed by atoms with van der Waals surface area (Å²) in [6.07, 6.45) is -0.0893. The third-order valence-corrected chi connectivity index (χ3v) is 9.02. The van der Waals surface area contributed by atoms with Crippen LogP contribution in [0.5, 0.6) is 11.5 Å².